The van der Waals surface area contributed by atoms with Gasteiger partial charge in [0, 0.05) is 17.6 Å². The maximum Gasteiger partial charge on any atom is 0.248 e. The summed E-state index contributed by atoms with van der Waals surface area (Å²) < 4.78 is 0. The van der Waals surface area contributed by atoms with Gasteiger partial charge in [0.25, 0.3) is 0 Å². The topological polar surface area (TPSA) is 81.8 Å². The molecule has 2 N–H and O–H groups in total. The van der Waals surface area contributed by atoms with Crippen molar-refractivity contribution in [3.05, 3.63) is 70.7 Å². The van der Waals surface area contributed by atoms with Gasteiger partial charge in [0.2, 0.25) is 17.7 Å². The van der Waals surface area contributed by atoms with E-state index in [-0.39, 0.29) is 36.9 Å². The van der Waals surface area contributed by atoms with Crippen molar-refractivity contribution in [2.75, 3.05) is 19.6 Å². The molecule has 156 valence electrons. The number of halogens is 1. The molecule has 30 heavy (non-hydrogen) atoms. The SMILES string of the molecule is O=C(C1CC(c2ccc(Cl)cc2)NN1)N1CC(=O)N(CCc2ccccc2)C(=O)C1. The minimum Gasteiger partial charge on any atom is -0.323 e. The molecule has 2 aromatic carbocycles. The minimum absolute atomic E-state index is 0.0465. The third kappa shape index (κ3) is 4.53. The molecule has 0 aliphatic carbocycles. The maximum atomic E-state index is 12.9. The Morgan fingerprint density at radius 2 is 1.63 bits per heavy atom. The van der Waals surface area contributed by atoms with Gasteiger partial charge in [-0.3, -0.25) is 19.3 Å². The summed E-state index contributed by atoms with van der Waals surface area (Å²) in [6, 6.07) is 16.6. The van der Waals surface area contributed by atoms with E-state index in [9.17, 15) is 14.4 Å². The fourth-order valence-corrected chi connectivity index (χ4v) is 3.96. The number of benzene rings is 2. The summed E-state index contributed by atoms with van der Waals surface area (Å²) in [7, 11) is 0. The predicted molar refractivity (Wildman–Crippen MR) is 112 cm³/mol. The van der Waals surface area contributed by atoms with E-state index in [0.29, 0.717) is 24.4 Å². The monoisotopic (exact) mass is 426 g/mol. The van der Waals surface area contributed by atoms with Gasteiger partial charge in [-0.15, -0.1) is 0 Å². The van der Waals surface area contributed by atoms with Gasteiger partial charge in [-0.05, 0) is 36.1 Å². The maximum absolute atomic E-state index is 12.9. The third-order valence-electron chi connectivity index (χ3n) is 5.51. The first-order chi connectivity index (χ1) is 14.5. The molecule has 0 bridgehead atoms. The lowest BCUT2D eigenvalue weighted by Gasteiger charge is -2.33. The van der Waals surface area contributed by atoms with Crippen molar-refractivity contribution in [2.45, 2.75) is 24.9 Å². The van der Waals surface area contributed by atoms with Crippen LogP contribution in [0.25, 0.3) is 0 Å². The average Bonchev–Trinajstić information content (AvgIpc) is 3.24. The van der Waals surface area contributed by atoms with Crippen LogP contribution < -0.4 is 10.9 Å². The van der Waals surface area contributed by atoms with E-state index in [1.54, 1.807) is 12.1 Å². The van der Waals surface area contributed by atoms with Crippen molar-refractivity contribution in [1.82, 2.24) is 20.7 Å². The van der Waals surface area contributed by atoms with Gasteiger partial charge in [-0.25, -0.2) is 10.9 Å². The van der Waals surface area contributed by atoms with Crippen molar-refractivity contribution in [2.24, 2.45) is 0 Å². The number of carbonyl (C=O) groups excluding carboxylic acids is 3. The van der Waals surface area contributed by atoms with Gasteiger partial charge < -0.3 is 4.90 Å². The lowest BCUT2D eigenvalue weighted by Crippen LogP contribution is -2.58. The molecular weight excluding hydrogens is 404 g/mol. The molecule has 0 spiro atoms. The second-order valence-corrected chi connectivity index (χ2v) is 7.99. The van der Waals surface area contributed by atoms with Gasteiger partial charge >= 0.3 is 0 Å². The zero-order valence-electron chi connectivity index (χ0n) is 16.4. The largest absolute Gasteiger partial charge is 0.323 e. The zero-order chi connectivity index (χ0) is 21.1. The van der Waals surface area contributed by atoms with Crippen LogP contribution >= 0.6 is 11.6 Å². The van der Waals surface area contributed by atoms with Gasteiger partial charge in [0.1, 0.15) is 19.1 Å². The highest BCUT2D eigenvalue weighted by atomic mass is 35.5. The van der Waals surface area contributed by atoms with Crippen molar-refractivity contribution < 1.29 is 14.4 Å². The molecule has 3 amide bonds. The van der Waals surface area contributed by atoms with E-state index >= 15 is 0 Å². The molecule has 2 heterocycles. The van der Waals surface area contributed by atoms with E-state index in [1.807, 2.05) is 42.5 Å². The first-order valence-corrected chi connectivity index (χ1v) is 10.3. The highest BCUT2D eigenvalue weighted by molar-refractivity contribution is 6.30. The second kappa shape index (κ2) is 8.95. The fourth-order valence-electron chi connectivity index (χ4n) is 3.84. The Bertz CT molecular complexity index is 917. The predicted octanol–water partition coefficient (Wildman–Crippen LogP) is 1.69. The summed E-state index contributed by atoms with van der Waals surface area (Å²) in [5, 5.41) is 0.652. The Hall–Kier alpha value is -2.74. The number of amides is 3. The highest BCUT2D eigenvalue weighted by Gasteiger charge is 2.38. The van der Waals surface area contributed by atoms with E-state index < -0.39 is 6.04 Å². The fraction of sp³-hybridized carbons (Fsp3) is 0.318. The molecule has 2 unspecified atom stereocenters. The lowest BCUT2D eigenvalue weighted by molar-refractivity contribution is -0.157. The van der Waals surface area contributed by atoms with Crippen LogP contribution in [0.2, 0.25) is 5.02 Å². The average molecular weight is 427 g/mol. The Kier molecular flexibility index (Phi) is 6.13. The number of rotatable bonds is 5. The Labute approximate surface area is 180 Å². The van der Waals surface area contributed by atoms with Crippen LogP contribution in [-0.4, -0.2) is 53.2 Å². The number of nitrogens with one attached hydrogen (secondary N) is 2. The number of piperazine rings is 1. The number of hydrazine groups is 1. The normalized spacial score (nSPS) is 21.9. The van der Waals surface area contributed by atoms with Gasteiger partial charge in [0.05, 0.1) is 0 Å². The van der Waals surface area contributed by atoms with Crippen molar-refractivity contribution >= 4 is 29.3 Å². The highest BCUT2D eigenvalue weighted by Crippen LogP contribution is 2.24. The van der Waals surface area contributed by atoms with Gasteiger partial charge in [0.15, 0.2) is 0 Å². The molecule has 0 saturated carbocycles. The molecule has 2 saturated heterocycles. The Morgan fingerprint density at radius 1 is 0.967 bits per heavy atom. The molecule has 0 aromatic heterocycles. The lowest BCUT2D eigenvalue weighted by atomic mass is 10.0. The van der Waals surface area contributed by atoms with Crippen LogP contribution in [0, 0.1) is 0 Å². The summed E-state index contributed by atoms with van der Waals surface area (Å²) in [5.74, 6) is -0.921. The van der Waals surface area contributed by atoms with Crippen molar-refractivity contribution in [3.8, 4) is 0 Å². The van der Waals surface area contributed by atoms with Crippen LogP contribution in [0.5, 0.6) is 0 Å². The van der Waals surface area contributed by atoms with Crippen molar-refractivity contribution in [3.63, 3.8) is 0 Å². The number of carbonyl (C=O) groups is 3. The Balaban J connectivity index is 1.33. The summed E-state index contributed by atoms with van der Waals surface area (Å²) in [6.07, 6.45) is 1.13. The number of imide groups is 1. The number of nitrogens with zero attached hydrogens (tertiary/aromatic N) is 2. The zero-order valence-corrected chi connectivity index (χ0v) is 17.1. The van der Waals surface area contributed by atoms with Crippen LogP contribution in [0.15, 0.2) is 54.6 Å². The van der Waals surface area contributed by atoms with E-state index in [1.165, 1.54) is 9.80 Å². The molecule has 2 atom stereocenters. The number of hydrogen-bond donors (Lipinski definition) is 2. The first-order valence-electron chi connectivity index (χ1n) is 9.93. The summed E-state index contributed by atoms with van der Waals surface area (Å²) in [4.78, 5) is 40.6. The minimum atomic E-state index is -0.498. The first kappa shape index (κ1) is 20.5. The molecule has 4 rings (SSSR count). The summed E-state index contributed by atoms with van der Waals surface area (Å²) in [6.45, 7) is 0.165. The van der Waals surface area contributed by atoms with Gasteiger partial charge in [-0.2, -0.15) is 0 Å². The van der Waals surface area contributed by atoms with E-state index in [4.69, 9.17) is 11.6 Å². The molecule has 0 radical (unpaired) electrons. The quantitative estimate of drug-likeness (QED) is 0.711. The molecule has 2 aliphatic heterocycles. The van der Waals surface area contributed by atoms with Crippen molar-refractivity contribution in [1.29, 1.82) is 0 Å². The van der Waals surface area contributed by atoms with Crippen LogP contribution in [0.3, 0.4) is 0 Å². The van der Waals surface area contributed by atoms with Crippen LogP contribution in [0.1, 0.15) is 23.6 Å². The summed E-state index contributed by atoms with van der Waals surface area (Å²) in [5.41, 5.74) is 8.18. The molecular formula is C22H23ClN4O3. The number of hydrogen-bond acceptors (Lipinski definition) is 5. The van der Waals surface area contributed by atoms with E-state index in [0.717, 1.165) is 11.1 Å². The Morgan fingerprint density at radius 3 is 2.30 bits per heavy atom. The smallest absolute Gasteiger partial charge is 0.248 e. The van der Waals surface area contributed by atoms with E-state index in [2.05, 4.69) is 10.9 Å². The third-order valence-corrected chi connectivity index (χ3v) is 5.76. The second-order valence-electron chi connectivity index (χ2n) is 7.55. The molecule has 2 fully saturated rings. The molecule has 7 nitrogen and oxygen atoms in total. The van der Waals surface area contributed by atoms with Crippen LogP contribution in [0.4, 0.5) is 0 Å². The summed E-state index contributed by atoms with van der Waals surface area (Å²) >= 11 is 5.93. The van der Waals surface area contributed by atoms with Gasteiger partial charge in [-0.1, -0.05) is 54.1 Å². The molecule has 2 aliphatic rings. The molecule has 8 heteroatoms. The van der Waals surface area contributed by atoms with Crippen LogP contribution in [-0.2, 0) is 20.8 Å². The standard InChI is InChI=1S/C22H23ClN4O3/c23-17-8-6-16(7-9-17)18-12-19(25-24-18)22(30)26-13-20(28)27(21(29)14-26)11-10-15-4-2-1-3-5-15/h1-9,18-19,24-25H,10-14H2. The molecule has 2 aromatic rings.